The number of likely N-dealkylation sites (N-methyl/N-ethyl adjacent to an activating group) is 3. The summed E-state index contributed by atoms with van der Waals surface area (Å²) >= 11 is 0. The van der Waals surface area contributed by atoms with Crippen molar-refractivity contribution < 1.29 is 14.4 Å². The number of benzene rings is 2. The van der Waals surface area contributed by atoms with Crippen LogP contribution in [0.5, 0.6) is 0 Å². The first-order chi connectivity index (χ1) is 20.5. The van der Waals surface area contributed by atoms with Crippen LogP contribution in [0.25, 0.3) is 10.8 Å². The van der Waals surface area contributed by atoms with Crippen molar-refractivity contribution in [3.8, 4) is 0 Å². The first kappa shape index (κ1) is 32.2. The van der Waals surface area contributed by atoms with Crippen molar-refractivity contribution in [2.45, 2.75) is 69.0 Å². The lowest BCUT2D eigenvalue weighted by atomic mass is 9.75. The van der Waals surface area contributed by atoms with Gasteiger partial charge in [-0.3, -0.25) is 19.4 Å². The molecule has 0 aromatic heterocycles. The molecule has 2 aromatic carbocycles. The third-order valence-corrected chi connectivity index (χ3v) is 9.00. The van der Waals surface area contributed by atoms with E-state index in [1.807, 2.05) is 48.6 Å². The lowest BCUT2D eigenvalue weighted by Gasteiger charge is -2.37. The van der Waals surface area contributed by atoms with Gasteiger partial charge in [-0.25, -0.2) is 5.01 Å². The Balaban J connectivity index is 1.63. The molecule has 2 aromatic rings. The second kappa shape index (κ2) is 14.1. The molecule has 0 bridgehead atoms. The molecule has 0 aliphatic heterocycles. The number of fused-ring (bicyclic) bond motifs is 1. The van der Waals surface area contributed by atoms with Crippen LogP contribution in [0.2, 0.25) is 0 Å². The van der Waals surface area contributed by atoms with E-state index in [1.165, 1.54) is 20.9 Å². The summed E-state index contributed by atoms with van der Waals surface area (Å²) in [6, 6.07) is 12.6. The minimum absolute atomic E-state index is 0.187. The quantitative estimate of drug-likeness (QED) is 0.293. The first-order valence-corrected chi connectivity index (χ1v) is 15.3. The maximum absolute atomic E-state index is 14.4. The molecule has 1 saturated carbocycles. The molecule has 1 fully saturated rings. The van der Waals surface area contributed by atoms with Crippen LogP contribution in [0, 0.1) is 0 Å². The van der Waals surface area contributed by atoms with Gasteiger partial charge in [0.05, 0.1) is 0 Å². The fourth-order valence-corrected chi connectivity index (χ4v) is 5.71. The van der Waals surface area contributed by atoms with E-state index in [0.717, 1.165) is 54.0 Å². The Kier molecular flexibility index (Phi) is 10.6. The molecule has 0 spiro atoms. The van der Waals surface area contributed by atoms with Gasteiger partial charge in [0.2, 0.25) is 11.8 Å². The van der Waals surface area contributed by atoms with E-state index in [1.54, 1.807) is 40.2 Å². The van der Waals surface area contributed by atoms with E-state index in [-0.39, 0.29) is 23.3 Å². The van der Waals surface area contributed by atoms with Gasteiger partial charge < -0.3 is 15.5 Å². The zero-order valence-corrected chi connectivity index (χ0v) is 26.3. The highest BCUT2D eigenvalue weighted by Gasteiger charge is 2.37. The standard InChI is InChI=1S/C35H47N5O3/c1-37(2)40(5)34(43)31(24-26-13-7-6-8-14-26)39(4)33(42)30(25-27-18-19-28-15-9-10-16-29(28)23-27)38(3)32(41)17-11-20-35(36)21-12-22-35/h7,9-11,13-19,23,30-31H,6,8,12,20-22,24-25,36H2,1-5H3/b17-11+/t30-,31?/m1/s1. The molecule has 230 valence electrons. The molecule has 2 aliphatic rings. The lowest BCUT2D eigenvalue weighted by Crippen LogP contribution is -2.56. The minimum atomic E-state index is -0.810. The fraction of sp³-hybridized carbons (Fsp3) is 0.457. The summed E-state index contributed by atoms with van der Waals surface area (Å²) in [5.41, 5.74) is 8.10. The molecule has 0 radical (unpaired) electrons. The number of hydrogen-bond acceptors (Lipinski definition) is 5. The molecule has 2 N–H and O–H groups in total. The largest absolute Gasteiger partial charge is 0.332 e. The van der Waals surface area contributed by atoms with Crippen molar-refractivity contribution >= 4 is 28.5 Å². The average molecular weight is 586 g/mol. The smallest absolute Gasteiger partial charge is 0.259 e. The molecular formula is C35H47N5O3. The van der Waals surface area contributed by atoms with Crippen LogP contribution in [0.1, 0.15) is 50.5 Å². The Labute approximate surface area is 256 Å². The maximum atomic E-state index is 14.4. The summed E-state index contributed by atoms with van der Waals surface area (Å²) in [6.45, 7) is 0. The number of carbonyl (C=O) groups excluding carboxylic acids is 3. The number of rotatable bonds is 12. The van der Waals surface area contributed by atoms with Crippen LogP contribution >= 0.6 is 0 Å². The second-order valence-corrected chi connectivity index (χ2v) is 12.3. The molecule has 43 heavy (non-hydrogen) atoms. The Morgan fingerprint density at radius 2 is 1.58 bits per heavy atom. The highest BCUT2D eigenvalue weighted by molar-refractivity contribution is 5.95. The summed E-state index contributed by atoms with van der Waals surface area (Å²) in [5, 5.41) is 5.41. The van der Waals surface area contributed by atoms with Crippen LogP contribution in [-0.4, -0.2) is 90.4 Å². The van der Waals surface area contributed by atoms with Gasteiger partial charge in [0, 0.05) is 53.6 Å². The third-order valence-electron chi connectivity index (χ3n) is 9.00. The monoisotopic (exact) mass is 585 g/mol. The molecule has 4 rings (SSSR count). The summed E-state index contributed by atoms with van der Waals surface area (Å²) in [5.74, 6) is -0.730. The Morgan fingerprint density at radius 1 is 0.884 bits per heavy atom. The van der Waals surface area contributed by atoms with Crippen molar-refractivity contribution in [1.82, 2.24) is 19.8 Å². The Hall–Kier alpha value is -3.75. The van der Waals surface area contributed by atoms with Crippen molar-refractivity contribution in [2.75, 3.05) is 35.2 Å². The first-order valence-electron chi connectivity index (χ1n) is 15.3. The van der Waals surface area contributed by atoms with Gasteiger partial charge in [-0.15, -0.1) is 0 Å². The lowest BCUT2D eigenvalue weighted by molar-refractivity contribution is -0.154. The molecule has 2 aliphatic carbocycles. The highest BCUT2D eigenvalue weighted by Crippen LogP contribution is 2.32. The summed E-state index contributed by atoms with van der Waals surface area (Å²) in [6.07, 6.45) is 15.9. The fourth-order valence-electron chi connectivity index (χ4n) is 5.71. The van der Waals surface area contributed by atoms with Gasteiger partial charge >= 0.3 is 0 Å². The van der Waals surface area contributed by atoms with Gasteiger partial charge in [0.15, 0.2) is 0 Å². The van der Waals surface area contributed by atoms with Gasteiger partial charge in [0.1, 0.15) is 12.1 Å². The highest BCUT2D eigenvalue weighted by atomic mass is 16.2. The topological polar surface area (TPSA) is 90.2 Å². The molecule has 0 saturated heterocycles. The van der Waals surface area contributed by atoms with Crippen LogP contribution in [0.4, 0.5) is 0 Å². The Bertz CT molecular complexity index is 1410. The average Bonchev–Trinajstić information content (AvgIpc) is 3.00. The summed E-state index contributed by atoms with van der Waals surface area (Å²) in [7, 11) is 8.65. The van der Waals surface area contributed by atoms with Crippen molar-refractivity contribution in [2.24, 2.45) is 5.73 Å². The van der Waals surface area contributed by atoms with E-state index >= 15 is 0 Å². The molecule has 1 unspecified atom stereocenters. The number of allylic oxidation sites excluding steroid dienone is 3. The van der Waals surface area contributed by atoms with Crippen molar-refractivity contribution in [1.29, 1.82) is 0 Å². The molecule has 8 heteroatoms. The van der Waals surface area contributed by atoms with Crippen LogP contribution in [0.3, 0.4) is 0 Å². The van der Waals surface area contributed by atoms with E-state index in [9.17, 15) is 14.4 Å². The third kappa shape index (κ3) is 8.00. The van der Waals surface area contributed by atoms with Gasteiger partial charge in [-0.05, 0) is 66.5 Å². The molecule has 0 heterocycles. The number of hydrazine groups is 1. The molecule has 3 amide bonds. The Morgan fingerprint density at radius 3 is 2.21 bits per heavy atom. The normalized spacial score (nSPS) is 17.3. The predicted octanol–water partition coefficient (Wildman–Crippen LogP) is 4.47. The number of nitrogens with two attached hydrogens (primary N) is 1. The van der Waals surface area contributed by atoms with Crippen molar-refractivity contribution in [3.05, 3.63) is 84.0 Å². The summed E-state index contributed by atoms with van der Waals surface area (Å²) < 4.78 is 0. The van der Waals surface area contributed by atoms with E-state index in [4.69, 9.17) is 5.73 Å². The SMILES string of the molecule is CN(C(=O)[C@@H](Cc1ccc2ccccc2c1)N(C)C(=O)/C=C/CC1(N)CCC1)C(CC1=CCCC=C1)C(=O)N(C)N(C)C. The van der Waals surface area contributed by atoms with E-state index < -0.39 is 12.1 Å². The molecule has 8 nitrogen and oxygen atoms in total. The van der Waals surface area contributed by atoms with Gasteiger partial charge in [-0.1, -0.05) is 66.8 Å². The predicted molar refractivity (Wildman–Crippen MR) is 173 cm³/mol. The number of amides is 3. The van der Waals surface area contributed by atoms with Crippen LogP contribution in [-0.2, 0) is 20.8 Å². The number of hydrogen-bond donors (Lipinski definition) is 1. The van der Waals surface area contributed by atoms with Gasteiger partial charge in [-0.2, -0.15) is 0 Å². The molecule has 2 atom stereocenters. The van der Waals surface area contributed by atoms with Crippen molar-refractivity contribution in [3.63, 3.8) is 0 Å². The number of nitrogens with zero attached hydrogens (tertiary/aromatic N) is 4. The second-order valence-electron chi connectivity index (χ2n) is 12.3. The van der Waals surface area contributed by atoms with Gasteiger partial charge in [0.25, 0.3) is 5.91 Å². The van der Waals surface area contributed by atoms with Crippen LogP contribution < -0.4 is 5.73 Å². The van der Waals surface area contributed by atoms with E-state index in [2.05, 4.69) is 18.2 Å². The van der Waals surface area contributed by atoms with Crippen LogP contribution in [0.15, 0.2) is 78.4 Å². The van der Waals surface area contributed by atoms with E-state index in [0.29, 0.717) is 19.3 Å². The molecular weight excluding hydrogens is 538 g/mol. The maximum Gasteiger partial charge on any atom is 0.259 e. The minimum Gasteiger partial charge on any atom is -0.332 e. The summed E-state index contributed by atoms with van der Waals surface area (Å²) in [4.78, 5) is 44.6. The zero-order valence-electron chi connectivity index (χ0n) is 26.3. The zero-order chi connectivity index (χ0) is 31.1. The number of carbonyl (C=O) groups is 3.